The SMILES string of the molecule is CCc1noc(Cn2ccc3cccc(CN)c32)n1. The highest BCUT2D eigenvalue weighted by Crippen LogP contribution is 2.21. The van der Waals surface area contributed by atoms with Gasteiger partial charge in [0.25, 0.3) is 0 Å². The van der Waals surface area contributed by atoms with Crippen LogP contribution in [-0.4, -0.2) is 14.7 Å². The van der Waals surface area contributed by atoms with Crippen LogP contribution < -0.4 is 5.73 Å². The summed E-state index contributed by atoms with van der Waals surface area (Å²) in [7, 11) is 0. The second-order valence-electron chi connectivity index (χ2n) is 4.46. The first-order valence-corrected chi connectivity index (χ1v) is 6.40. The number of fused-ring (bicyclic) bond motifs is 1. The summed E-state index contributed by atoms with van der Waals surface area (Å²) in [6, 6.07) is 8.22. The van der Waals surface area contributed by atoms with Gasteiger partial charge >= 0.3 is 0 Å². The maximum atomic E-state index is 5.80. The van der Waals surface area contributed by atoms with E-state index in [0.29, 0.717) is 19.0 Å². The molecule has 0 atom stereocenters. The van der Waals surface area contributed by atoms with Gasteiger partial charge in [0.05, 0.1) is 5.52 Å². The number of benzene rings is 1. The van der Waals surface area contributed by atoms with E-state index in [-0.39, 0.29) is 0 Å². The Morgan fingerprint density at radius 3 is 2.95 bits per heavy atom. The average molecular weight is 256 g/mol. The van der Waals surface area contributed by atoms with Crippen LogP contribution in [-0.2, 0) is 19.5 Å². The summed E-state index contributed by atoms with van der Waals surface area (Å²) >= 11 is 0. The van der Waals surface area contributed by atoms with Crippen LogP contribution in [0, 0.1) is 0 Å². The van der Waals surface area contributed by atoms with E-state index in [1.165, 1.54) is 5.39 Å². The summed E-state index contributed by atoms with van der Waals surface area (Å²) in [4.78, 5) is 4.34. The summed E-state index contributed by atoms with van der Waals surface area (Å²) in [5.41, 5.74) is 8.06. The van der Waals surface area contributed by atoms with Gasteiger partial charge in [-0.1, -0.05) is 30.3 Å². The third-order valence-corrected chi connectivity index (χ3v) is 3.22. The van der Waals surface area contributed by atoms with E-state index in [2.05, 4.69) is 26.8 Å². The van der Waals surface area contributed by atoms with Crippen molar-refractivity contribution in [1.82, 2.24) is 14.7 Å². The molecule has 5 nitrogen and oxygen atoms in total. The third kappa shape index (κ3) is 2.13. The minimum absolute atomic E-state index is 0.519. The largest absolute Gasteiger partial charge is 0.338 e. The first-order chi connectivity index (χ1) is 9.31. The standard InChI is InChI=1S/C14H16N4O/c1-2-12-16-13(19-17-12)9-18-7-6-10-4-3-5-11(8-15)14(10)18/h3-7H,2,8-9,15H2,1H3. The molecule has 0 amide bonds. The quantitative estimate of drug-likeness (QED) is 0.776. The van der Waals surface area contributed by atoms with Crippen molar-refractivity contribution in [3.05, 3.63) is 47.7 Å². The number of rotatable bonds is 4. The molecule has 0 fully saturated rings. The molecule has 0 unspecified atom stereocenters. The number of hydrogen-bond acceptors (Lipinski definition) is 4. The van der Waals surface area contributed by atoms with Crippen molar-refractivity contribution in [2.24, 2.45) is 5.73 Å². The van der Waals surface area contributed by atoms with Crippen molar-refractivity contribution < 1.29 is 4.52 Å². The Hall–Kier alpha value is -2.14. The highest BCUT2D eigenvalue weighted by atomic mass is 16.5. The molecule has 5 heteroatoms. The molecule has 0 saturated heterocycles. The fourth-order valence-corrected chi connectivity index (χ4v) is 2.28. The molecule has 3 rings (SSSR count). The Bertz CT molecular complexity index is 698. The molecule has 2 aromatic heterocycles. The van der Waals surface area contributed by atoms with Crippen LogP contribution in [0.25, 0.3) is 10.9 Å². The van der Waals surface area contributed by atoms with Crippen LogP contribution >= 0.6 is 0 Å². The molecule has 19 heavy (non-hydrogen) atoms. The van der Waals surface area contributed by atoms with Gasteiger partial charge in [0.15, 0.2) is 5.82 Å². The molecular formula is C14H16N4O. The number of aromatic nitrogens is 3. The number of nitrogens with two attached hydrogens (primary N) is 1. The molecule has 0 bridgehead atoms. The van der Waals surface area contributed by atoms with Gasteiger partial charge in [-0.15, -0.1) is 0 Å². The van der Waals surface area contributed by atoms with Crippen LogP contribution in [0.5, 0.6) is 0 Å². The van der Waals surface area contributed by atoms with Crippen molar-refractivity contribution in [3.8, 4) is 0 Å². The van der Waals surface area contributed by atoms with Crippen LogP contribution in [0.2, 0.25) is 0 Å². The topological polar surface area (TPSA) is 69.9 Å². The van der Waals surface area contributed by atoms with E-state index < -0.39 is 0 Å². The Morgan fingerprint density at radius 1 is 1.32 bits per heavy atom. The fourth-order valence-electron chi connectivity index (χ4n) is 2.28. The highest BCUT2D eigenvalue weighted by Gasteiger charge is 2.09. The normalized spacial score (nSPS) is 11.3. The van der Waals surface area contributed by atoms with Crippen molar-refractivity contribution in [2.45, 2.75) is 26.4 Å². The van der Waals surface area contributed by atoms with Gasteiger partial charge in [-0.2, -0.15) is 4.98 Å². The monoisotopic (exact) mass is 256 g/mol. The van der Waals surface area contributed by atoms with Gasteiger partial charge in [-0.3, -0.25) is 0 Å². The van der Waals surface area contributed by atoms with Gasteiger partial charge in [0.1, 0.15) is 6.54 Å². The summed E-state index contributed by atoms with van der Waals surface area (Å²) < 4.78 is 7.34. The lowest BCUT2D eigenvalue weighted by molar-refractivity contribution is 0.368. The average Bonchev–Trinajstić information content (AvgIpc) is 3.06. The maximum Gasteiger partial charge on any atom is 0.246 e. The smallest absolute Gasteiger partial charge is 0.246 e. The van der Waals surface area contributed by atoms with Crippen LogP contribution in [0.3, 0.4) is 0 Å². The van der Waals surface area contributed by atoms with E-state index in [9.17, 15) is 0 Å². The highest BCUT2D eigenvalue weighted by molar-refractivity contribution is 5.83. The summed E-state index contributed by atoms with van der Waals surface area (Å²) in [5.74, 6) is 1.37. The lowest BCUT2D eigenvalue weighted by Gasteiger charge is -2.06. The number of para-hydroxylation sites is 1. The molecule has 1 aromatic carbocycles. The molecule has 0 spiro atoms. The van der Waals surface area contributed by atoms with Crippen molar-refractivity contribution >= 4 is 10.9 Å². The Morgan fingerprint density at radius 2 is 2.21 bits per heavy atom. The molecule has 0 aliphatic rings. The van der Waals surface area contributed by atoms with Gasteiger partial charge < -0.3 is 14.8 Å². The Balaban J connectivity index is 2.00. The molecule has 0 saturated carbocycles. The second kappa shape index (κ2) is 4.85. The van der Waals surface area contributed by atoms with Crippen molar-refractivity contribution in [3.63, 3.8) is 0 Å². The predicted molar refractivity (Wildman–Crippen MR) is 72.6 cm³/mol. The van der Waals surface area contributed by atoms with Crippen molar-refractivity contribution in [2.75, 3.05) is 0 Å². The zero-order chi connectivity index (χ0) is 13.2. The Kier molecular flexibility index (Phi) is 3.05. The minimum atomic E-state index is 0.519. The van der Waals surface area contributed by atoms with E-state index in [1.54, 1.807) is 0 Å². The molecule has 3 aromatic rings. The van der Waals surface area contributed by atoms with Crippen LogP contribution in [0.1, 0.15) is 24.2 Å². The minimum Gasteiger partial charge on any atom is -0.338 e. The first-order valence-electron chi connectivity index (χ1n) is 6.40. The number of nitrogens with zero attached hydrogens (tertiary/aromatic N) is 3. The van der Waals surface area contributed by atoms with Gasteiger partial charge in [-0.25, -0.2) is 0 Å². The molecule has 98 valence electrons. The predicted octanol–water partition coefficient (Wildman–Crippen LogP) is 2.09. The summed E-state index contributed by atoms with van der Waals surface area (Å²) in [6.45, 7) is 3.10. The van der Waals surface area contributed by atoms with Crippen LogP contribution in [0.4, 0.5) is 0 Å². The van der Waals surface area contributed by atoms with E-state index >= 15 is 0 Å². The first kappa shape index (κ1) is 11.9. The van der Waals surface area contributed by atoms with Crippen LogP contribution in [0.15, 0.2) is 35.0 Å². The third-order valence-electron chi connectivity index (χ3n) is 3.22. The van der Waals surface area contributed by atoms with E-state index in [0.717, 1.165) is 23.3 Å². The fraction of sp³-hybridized carbons (Fsp3) is 0.286. The van der Waals surface area contributed by atoms with Gasteiger partial charge in [-0.05, 0) is 17.0 Å². The zero-order valence-corrected chi connectivity index (χ0v) is 10.8. The number of hydrogen-bond donors (Lipinski definition) is 1. The molecule has 2 heterocycles. The van der Waals surface area contributed by atoms with Gasteiger partial charge in [0.2, 0.25) is 5.89 Å². The molecule has 2 N–H and O–H groups in total. The lowest BCUT2D eigenvalue weighted by atomic mass is 10.1. The molecule has 0 aliphatic heterocycles. The summed E-state index contributed by atoms with van der Waals surface area (Å²) in [5, 5.41) is 5.09. The molecular weight excluding hydrogens is 240 g/mol. The Labute approximate surface area is 111 Å². The maximum absolute atomic E-state index is 5.80. The molecule has 0 radical (unpaired) electrons. The lowest BCUT2D eigenvalue weighted by Crippen LogP contribution is -2.03. The molecule has 0 aliphatic carbocycles. The zero-order valence-electron chi connectivity index (χ0n) is 10.8. The van der Waals surface area contributed by atoms with E-state index in [4.69, 9.17) is 10.3 Å². The van der Waals surface area contributed by atoms with Gasteiger partial charge in [0, 0.05) is 19.2 Å². The second-order valence-corrected chi connectivity index (χ2v) is 4.46. The number of aryl methyl sites for hydroxylation is 1. The van der Waals surface area contributed by atoms with E-state index in [1.807, 2.05) is 25.3 Å². The van der Waals surface area contributed by atoms with Crippen molar-refractivity contribution in [1.29, 1.82) is 0 Å². The summed E-state index contributed by atoms with van der Waals surface area (Å²) in [6.07, 6.45) is 2.81.